The van der Waals surface area contributed by atoms with Crippen LogP contribution < -0.4 is 4.90 Å². The summed E-state index contributed by atoms with van der Waals surface area (Å²) in [4.78, 5) is 2.31. The van der Waals surface area contributed by atoms with E-state index in [1.807, 2.05) is 0 Å². The molecule has 9 aromatic carbocycles. The van der Waals surface area contributed by atoms with Gasteiger partial charge in [0.15, 0.2) is 0 Å². The van der Waals surface area contributed by atoms with Gasteiger partial charge < -0.3 is 4.90 Å². The van der Waals surface area contributed by atoms with Crippen LogP contribution in [0.2, 0.25) is 0 Å². The highest BCUT2D eigenvalue weighted by Gasteiger charge is 2.35. The van der Waals surface area contributed by atoms with E-state index >= 15 is 0 Å². The van der Waals surface area contributed by atoms with E-state index in [2.05, 4.69) is 207 Å². The van der Waals surface area contributed by atoms with Crippen LogP contribution in [0.15, 0.2) is 188 Å². The minimum atomic E-state index is -0.181. The zero-order valence-electron chi connectivity index (χ0n) is 29.3. The molecule has 0 saturated carbocycles. The largest absolute Gasteiger partial charge is 0.311 e. The van der Waals surface area contributed by atoms with Crippen molar-refractivity contribution in [3.63, 3.8) is 0 Å². The maximum absolute atomic E-state index is 2.45. The summed E-state index contributed by atoms with van der Waals surface area (Å²) in [5.41, 5.74) is 13.6. The average molecular weight is 664 g/mol. The van der Waals surface area contributed by atoms with Crippen molar-refractivity contribution in [3.8, 4) is 33.4 Å². The van der Waals surface area contributed by atoms with Gasteiger partial charge in [-0.25, -0.2) is 0 Å². The average Bonchev–Trinajstić information content (AvgIpc) is 3.20. The normalized spacial score (nSPS) is 13.0. The zero-order chi connectivity index (χ0) is 34.8. The lowest BCUT2D eigenvalue weighted by Crippen LogP contribution is -2.24. The van der Waals surface area contributed by atoms with Crippen LogP contribution in [-0.4, -0.2) is 0 Å². The Morgan fingerprint density at radius 3 is 1.67 bits per heavy atom. The second-order valence-electron chi connectivity index (χ2n) is 14.5. The van der Waals surface area contributed by atoms with Crippen LogP contribution in [0.3, 0.4) is 0 Å². The van der Waals surface area contributed by atoms with Gasteiger partial charge in [0, 0.05) is 22.5 Å². The number of hydrogen-bond donors (Lipinski definition) is 0. The molecular formula is C51H37N. The molecule has 1 aliphatic carbocycles. The summed E-state index contributed by atoms with van der Waals surface area (Å²) in [6, 6.07) is 69.0. The molecule has 0 atom stereocenters. The van der Waals surface area contributed by atoms with Crippen LogP contribution in [-0.2, 0) is 5.41 Å². The van der Waals surface area contributed by atoms with Crippen molar-refractivity contribution in [1.29, 1.82) is 0 Å². The maximum atomic E-state index is 2.45. The van der Waals surface area contributed by atoms with Crippen molar-refractivity contribution in [3.05, 3.63) is 199 Å². The van der Waals surface area contributed by atoms with Crippen molar-refractivity contribution in [2.45, 2.75) is 19.3 Å². The number of para-hydroxylation sites is 2. The van der Waals surface area contributed by atoms with Crippen LogP contribution in [0, 0.1) is 0 Å². The number of fused-ring (bicyclic) bond motifs is 5. The van der Waals surface area contributed by atoms with Crippen LogP contribution in [0.4, 0.5) is 17.1 Å². The Bertz CT molecular complexity index is 2750. The van der Waals surface area contributed by atoms with E-state index in [4.69, 9.17) is 0 Å². The van der Waals surface area contributed by atoms with Gasteiger partial charge in [-0.05, 0) is 125 Å². The lowest BCUT2D eigenvalue weighted by atomic mass is 9.66. The quantitative estimate of drug-likeness (QED) is 0.166. The Labute approximate surface area is 305 Å². The summed E-state index contributed by atoms with van der Waals surface area (Å²) >= 11 is 0. The van der Waals surface area contributed by atoms with Gasteiger partial charge in [-0.15, -0.1) is 0 Å². The summed E-state index contributed by atoms with van der Waals surface area (Å²) in [6.45, 7) is 4.79. The molecule has 0 heterocycles. The Morgan fingerprint density at radius 1 is 0.365 bits per heavy atom. The van der Waals surface area contributed by atoms with Gasteiger partial charge in [-0.3, -0.25) is 0 Å². The zero-order valence-corrected chi connectivity index (χ0v) is 29.3. The van der Waals surface area contributed by atoms with Crippen molar-refractivity contribution in [2.24, 2.45) is 0 Å². The van der Waals surface area contributed by atoms with Crippen LogP contribution in [0.5, 0.6) is 0 Å². The summed E-state index contributed by atoms with van der Waals surface area (Å²) < 4.78 is 0. The molecular weight excluding hydrogens is 627 g/mol. The first-order chi connectivity index (χ1) is 25.6. The van der Waals surface area contributed by atoms with Gasteiger partial charge in [0.05, 0.1) is 0 Å². The summed E-state index contributed by atoms with van der Waals surface area (Å²) in [5.74, 6) is 0. The lowest BCUT2D eigenvalue weighted by Gasteiger charge is -2.36. The molecule has 52 heavy (non-hydrogen) atoms. The molecule has 0 radical (unpaired) electrons. The van der Waals surface area contributed by atoms with Crippen molar-refractivity contribution >= 4 is 49.4 Å². The molecule has 9 aromatic rings. The third-order valence-electron chi connectivity index (χ3n) is 11.2. The fraction of sp³-hybridized carbons (Fsp3) is 0.0588. The molecule has 0 spiro atoms. The second kappa shape index (κ2) is 11.8. The minimum absolute atomic E-state index is 0.181. The molecule has 1 nitrogen and oxygen atoms in total. The molecule has 1 aliphatic rings. The Morgan fingerprint density at radius 2 is 0.942 bits per heavy atom. The SMILES string of the molecule is CC1(C)c2cc(-c3ccc(N(c4ccccc4)c4ccccc4)cc3)ccc2-c2c(-c3cc4ccccc4c4ccccc34)ccc3cccc1c23. The van der Waals surface area contributed by atoms with Gasteiger partial charge in [0.2, 0.25) is 0 Å². The molecule has 0 fully saturated rings. The fourth-order valence-corrected chi connectivity index (χ4v) is 8.69. The first-order valence-electron chi connectivity index (χ1n) is 18.2. The highest BCUT2D eigenvalue weighted by atomic mass is 15.1. The number of benzene rings is 9. The first kappa shape index (κ1) is 30.4. The number of anilines is 3. The first-order valence-corrected chi connectivity index (χ1v) is 18.2. The Balaban J connectivity index is 1.14. The number of rotatable bonds is 5. The summed E-state index contributed by atoms with van der Waals surface area (Å²) in [6.07, 6.45) is 0. The van der Waals surface area contributed by atoms with Gasteiger partial charge in [-0.2, -0.15) is 0 Å². The van der Waals surface area contributed by atoms with E-state index < -0.39 is 0 Å². The molecule has 0 aromatic heterocycles. The predicted octanol–water partition coefficient (Wildman–Crippen LogP) is 14.3. The van der Waals surface area contributed by atoms with E-state index in [1.165, 1.54) is 76.8 Å². The topological polar surface area (TPSA) is 3.24 Å². The highest BCUT2D eigenvalue weighted by molar-refractivity contribution is 6.18. The number of hydrogen-bond acceptors (Lipinski definition) is 1. The predicted molar refractivity (Wildman–Crippen MR) is 222 cm³/mol. The van der Waals surface area contributed by atoms with Crippen LogP contribution in [0.25, 0.3) is 65.7 Å². The number of nitrogens with zero attached hydrogens (tertiary/aromatic N) is 1. The van der Waals surface area contributed by atoms with Crippen molar-refractivity contribution in [1.82, 2.24) is 0 Å². The molecule has 0 amide bonds. The van der Waals surface area contributed by atoms with Gasteiger partial charge in [0.25, 0.3) is 0 Å². The molecule has 0 aliphatic heterocycles. The monoisotopic (exact) mass is 663 g/mol. The summed E-state index contributed by atoms with van der Waals surface area (Å²) in [5, 5.41) is 7.81. The molecule has 0 unspecified atom stereocenters. The third kappa shape index (κ3) is 4.70. The van der Waals surface area contributed by atoms with E-state index in [9.17, 15) is 0 Å². The third-order valence-corrected chi connectivity index (χ3v) is 11.2. The maximum Gasteiger partial charge on any atom is 0.0462 e. The standard InChI is InChI=1S/C51H37N/c1-51(2)47-23-13-15-35-26-30-44(46-32-37-14-9-10-20-41(37)42-21-11-12-22-43(42)46)50(49(35)47)45-31-27-36(33-48(45)51)34-24-28-40(29-25-34)52(38-16-5-3-6-17-38)39-18-7-4-8-19-39/h3-33H,1-2H3. The van der Waals surface area contributed by atoms with Crippen LogP contribution >= 0.6 is 0 Å². The van der Waals surface area contributed by atoms with Gasteiger partial charge in [-0.1, -0.05) is 153 Å². The van der Waals surface area contributed by atoms with Crippen molar-refractivity contribution < 1.29 is 0 Å². The van der Waals surface area contributed by atoms with E-state index in [1.54, 1.807) is 0 Å². The molecule has 246 valence electrons. The molecule has 0 N–H and O–H groups in total. The van der Waals surface area contributed by atoms with Gasteiger partial charge >= 0.3 is 0 Å². The van der Waals surface area contributed by atoms with E-state index in [-0.39, 0.29) is 5.41 Å². The van der Waals surface area contributed by atoms with Gasteiger partial charge in [0.1, 0.15) is 0 Å². The smallest absolute Gasteiger partial charge is 0.0462 e. The lowest BCUT2D eigenvalue weighted by molar-refractivity contribution is 0.645. The molecule has 1 heteroatoms. The Kier molecular flexibility index (Phi) is 6.91. The molecule has 0 saturated heterocycles. The molecule has 10 rings (SSSR count). The van der Waals surface area contributed by atoms with E-state index in [0.29, 0.717) is 0 Å². The summed E-state index contributed by atoms with van der Waals surface area (Å²) in [7, 11) is 0. The fourth-order valence-electron chi connectivity index (χ4n) is 8.69. The van der Waals surface area contributed by atoms with Crippen molar-refractivity contribution in [2.75, 3.05) is 4.90 Å². The van der Waals surface area contributed by atoms with E-state index in [0.717, 1.165) is 17.1 Å². The molecule has 0 bridgehead atoms. The Hall–Kier alpha value is -6.44. The van der Waals surface area contributed by atoms with Crippen LogP contribution in [0.1, 0.15) is 25.0 Å². The highest BCUT2D eigenvalue weighted by Crippen LogP contribution is 2.53. The minimum Gasteiger partial charge on any atom is -0.311 e. The second-order valence-corrected chi connectivity index (χ2v) is 14.5.